The van der Waals surface area contributed by atoms with Gasteiger partial charge in [-0.3, -0.25) is 4.98 Å². The molecule has 0 bridgehead atoms. The van der Waals surface area contributed by atoms with Crippen molar-refractivity contribution >= 4 is 0 Å². The van der Waals surface area contributed by atoms with E-state index in [-0.39, 0.29) is 5.88 Å². The lowest BCUT2D eigenvalue weighted by Crippen LogP contribution is -1.76. The summed E-state index contributed by atoms with van der Waals surface area (Å²) in [6, 6.07) is 6.84. The number of hydrogen-bond acceptors (Lipinski definition) is 4. The van der Waals surface area contributed by atoms with Crippen LogP contribution in [0.4, 0.5) is 0 Å². The fourth-order valence-corrected chi connectivity index (χ4v) is 0.895. The highest BCUT2D eigenvalue weighted by molar-refractivity contribution is 5.51. The maximum Gasteiger partial charge on any atom is 0.252 e. The first kappa shape index (κ1) is 6.84. The number of rotatable bonds is 1. The second kappa shape index (κ2) is 2.65. The fourth-order valence-electron chi connectivity index (χ4n) is 0.895. The summed E-state index contributed by atoms with van der Waals surface area (Å²) >= 11 is 0. The summed E-state index contributed by atoms with van der Waals surface area (Å²) < 4.78 is 4.79. The van der Waals surface area contributed by atoms with Gasteiger partial charge in [-0.1, -0.05) is 6.07 Å². The van der Waals surface area contributed by atoms with E-state index in [9.17, 15) is 0 Å². The van der Waals surface area contributed by atoms with Crippen molar-refractivity contribution in [2.75, 3.05) is 0 Å². The van der Waals surface area contributed by atoms with E-state index in [2.05, 4.69) is 10.1 Å². The van der Waals surface area contributed by atoms with Gasteiger partial charge in [0, 0.05) is 6.20 Å². The average Bonchev–Trinajstić information content (AvgIpc) is 2.54. The molecule has 4 heteroatoms. The van der Waals surface area contributed by atoms with Crippen LogP contribution in [0.15, 0.2) is 35.0 Å². The molecule has 0 spiro atoms. The van der Waals surface area contributed by atoms with Crippen LogP contribution in [-0.2, 0) is 0 Å². The maximum absolute atomic E-state index is 8.88. The van der Waals surface area contributed by atoms with E-state index >= 15 is 0 Å². The summed E-state index contributed by atoms with van der Waals surface area (Å²) in [4.78, 5) is 4.02. The highest BCUT2D eigenvalue weighted by Crippen LogP contribution is 2.19. The van der Waals surface area contributed by atoms with Crippen molar-refractivity contribution in [2.45, 2.75) is 0 Å². The van der Waals surface area contributed by atoms with Gasteiger partial charge < -0.3 is 9.63 Å². The molecule has 0 aliphatic rings. The molecule has 0 aliphatic carbocycles. The lowest BCUT2D eigenvalue weighted by molar-refractivity contribution is 0.365. The van der Waals surface area contributed by atoms with Crippen LogP contribution in [-0.4, -0.2) is 15.2 Å². The van der Waals surface area contributed by atoms with Crippen LogP contribution in [0.1, 0.15) is 0 Å². The molecule has 0 amide bonds. The largest absolute Gasteiger partial charge is 0.491 e. The van der Waals surface area contributed by atoms with Gasteiger partial charge in [0.05, 0.1) is 6.07 Å². The van der Waals surface area contributed by atoms with Crippen molar-refractivity contribution in [3.63, 3.8) is 0 Å². The van der Waals surface area contributed by atoms with Gasteiger partial charge in [-0.05, 0) is 17.3 Å². The summed E-state index contributed by atoms with van der Waals surface area (Å²) in [7, 11) is 0. The predicted octanol–water partition coefficient (Wildman–Crippen LogP) is 1.44. The second-order valence-electron chi connectivity index (χ2n) is 2.26. The molecule has 0 aromatic carbocycles. The molecular formula is C8H6N2O2. The molecule has 4 nitrogen and oxygen atoms in total. The Balaban J connectivity index is 2.45. The first-order valence-corrected chi connectivity index (χ1v) is 3.43. The van der Waals surface area contributed by atoms with Crippen LogP contribution in [0.25, 0.3) is 11.5 Å². The first-order valence-electron chi connectivity index (χ1n) is 3.43. The minimum absolute atomic E-state index is 0.129. The van der Waals surface area contributed by atoms with Gasteiger partial charge in [-0.25, -0.2) is 0 Å². The van der Waals surface area contributed by atoms with E-state index in [0.717, 1.165) is 0 Å². The standard InChI is InChI=1S/C8H6N2O2/c11-8-5-7(12-10-8)6-3-1-2-4-9-6/h1-5H,(H,10,11). The monoisotopic (exact) mass is 162 g/mol. The Bertz CT molecular complexity index is 370. The third kappa shape index (κ3) is 1.14. The van der Waals surface area contributed by atoms with Gasteiger partial charge in [-0.2, -0.15) is 0 Å². The van der Waals surface area contributed by atoms with E-state index in [0.29, 0.717) is 11.5 Å². The molecule has 0 atom stereocenters. The van der Waals surface area contributed by atoms with Gasteiger partial charge in [0.25, 0.3) is 5.88 Å². The van der Waals surface area contributed by atoms with E-state index in [4.69, 9.17) is 9.63 Å². The van der Waals surface area contributed by atoms with Gasteiger partial charge in [0.15, 0.2) is 5.76 Å². The summed E-state index contributed by atoms with van der Waals surface area (Å²) in [6.07, 6.45) is 1.65. The molecule has 60 valence electrons. The van der Waals surface area contributed by atoms with E-state index in [1.54, 1.807) is 18.3 Å². The molecular weight excluding hydrogens is 156 g/mol. The summed E-state index contributed by atoms with van der Waals surface area (Å²) in [5.74, 6) is 0.337. The highest BCUT2D eigenvalue weighted by atomic mass is 16.5. The average molecular weight is 162 g/mol. The molecule has 0 aliphatic heterocycles. The van der Waals surface area contributed by atoms with Crippen molar-refractivity contribution in [2.24, 2.45) is 0 Å². The predicted molar refractivity (Wildman–Crippen MR) is 41.4 cm³/mol. The zero-order chi connectivity index (χ0) is 8.39. The zero-order valence-corrected chi connectivity index (χ0v) is 6.14. The van der Waals surface area contributed by atoms with E-state index < -0.39 is 0 Å². The molecule has 2 heterocycles. The number of pyridine rings is 1. The molecule has 2 aromatic heterocycles. The first-order chi connectivity index (χ1) is 5.86. The van der Waals surface area contributed by atoms with Crippen LogP contribution < -0.4 is 0 Å². The molecule has 1 N–H and O–H groups in total. The number of aromatic hydroxyl groups is 1. The molecule has 0 radical (unpaired) electrons. The van der Waals surface area contributed by atoms with Crippen LogP contribution in [0.5, 0.6) is 5.88 Å². The summed E-state index contributed by atoms with van der Waals surface area (Å²) in [6.45, 7) is 0. The minimum atomic E-state index is -0.129. The summed E-state index contributed by atoms with van der Waals surface area (Å²) in [5.41, 5.74) is 0.658. The highest BCUT2D eigenvalue weighted by Gasteiger charge is 2.04. The molecule has 2 rings (SSSR count). The molecule has 12 heavy (non-hydrogen) atoms. The quantitative estimate of drug-likeness (QED) is 0.689. The van der Waals surface area contributed by atoms with Gasteiger partial charge in [-0.15, -0.1) is 0 Å². The molecule has 0 saturated carbocycles. The van der Waals surface area contributed by atoms with Crippen LogP contribution in [0, 0.1) is 0 Å². The minimum Gasteiger partial charge on any atom is -0.491 e. The van der Waals surface area contributed by atoms with E-state index in [1.165, 1.54) is 6.07 Å². The van der Waals surface area contributed by atoms with Gasteiger partial charge >= 0.3 is 0 Å². The normalized spacial score (nSPS) is 10.0. The Morgan fingerprint density at radius 2 is 2.25 bits per heavy atom. The Morgan fingerprint density at radius 1 is 1.33 bits per heavy atom. The molecule has 0 fully saturated rings. The van der Waals surface area contributed by atoms with Crippen molar-refractivity contribution in [3.05, 3.63) is 30.5 Å². The Morgan fingerprint density at radius 3 is 2.83 bits per heavy atom. The third-order valence-electron chi connectivity index (χ3n) is 1.42. The lowest BCUT2D eigenvalue weighted by Gasteiger charge is -1.89. The lowest BCUT2D eigenvalue weighted by atomic mass is 10.3. The van der Waals surface area contributed by atoms with Crippen molar-refractivity contribution in [1.29, 1.82) is 0 Å². The smallest absolute Gasteiger partial charge is 0.252 e. The second-order valence-corrected chi connectivity index (χ2v) is 2.26. The van der Waals surface area contributed by atoms with Crippen LogP contribution >= 0.6 is 0 Å². The number of nitrogens with zero attached hydrogens (tertiary/aromatic N) is 2. The molecule has 2 aromatic rings. The molecule has 0 saturated heterocycles. The van der Waals surface area contributed by atoms with E-state index in [1.807, 2.05) is 6.07 Å². The Kier molecular flexibility index (Phi) is 1.51. The third-order valence-corrected chi connectivity index (χ3v) is 1.42. The zero-order valence-electron chi connectivity index (χ0n) is 6.14. The summed E-state index contributed by atoms with van der Waals surface area (Å²) in [5, 5.41) is 12.2. The topological polar surface area (TPSA) is 59.2 Å². The van der Waals surface area contributed by atoms with Crippen molar-refractivity contribution in [3.8, 4) is 17.3 Å². The van der Waals surface area contributed by atoms with Crippen molar-refractivity contribution in [1.82, 2.24) is 10.1 Å². The van der Waals surface area contributed by atoms with Crippen molar-refractivity contribution < 1.29 is 9.63 Å². The van der Waals surface area contributed by atoms with Crippen LogP contribution in [0.2, 0.25) is 0 Å². The van der Waals surface area contributed by atoms with Gasteiger partial charge in [0.1, 0.15) is 5.69 Å². The molecule has 0 unspecified atom stereocenters. The Hall–Kier alpha value is -1.84. The SMILES string of the molecule is Oc1cc(-c2ccccn2)on1. The Labute approximate surface area is 68.5 Å². The van der Waals surface area contributed by atoms with Crippen LogP contribution in [0.3, 0.4) is 0 Å². The fraction of sp³-hybridized carbons (Fsp3) is 0. The number of aromatic nitrogens is 2. The maximum atomic E-state index is 8.88. The number of hydrogen-bond donors (Lipinski definition) is 1. The van der Waals surface area contributed by atoms with Gasteiger partial charge in [0.2, 0.25) is 0 Å².